The van der Waals surface area contributed by atoms with Crippen LogP contribution in [0.15, 0.2) is 24.3 Å². The normalized spacial score (nSPS) is 10.4. The van der Waals surface area contributed by atoms with Crippen molar-refractivity contribution in [3.8, 4) is 11.3 Å². The summed E-state index contributed by atoms with van der Waals surface area (Å²) in [5.74, 6) is -0.344. The molecule has 0 aliphatic carbocycles. The van der Waals surface area contributed by atoms with Crippen molar-refractivity contribution >= 4 is 17.3 Å². The highest BCUT2D eigenvalue weighted by Gasteiger charge is 2.16. The molecule has 0 fully saturated rings. The Labute approximate surface area is 110 Å². The Morgan fingerprint density at radius 2 is 1.94 bits per heavy atom. The number of thiazole rings is 1. The standard InChI is InChI=1S/C14H15NO2S/c1-4-17-14(16)13-15-12(10(3)18-13)11-7-5-9(2)6-8-11/h5-8H,4H2,1-3H3. The number of benzene rings is 1. The number of nitrogens with zero attached hydrogens (tertiary/aromatic N) is 1. The van der Waals surface area contributed by atoms with Crippen LogP contribution < -0.4 is 0 Å². The largest absolute Gasteiger partial charge is 0.461 e. The average Bonchev–Trinajstić information content (AvgIpc) is 2.73. The van der Waals surface area contributed by atoms with Gasteiger partial charge in [-0.25, -0.2) is 9.78 Å². The highest BCUT2D eigenvalue weighted by atomic mass is 32.1. The molecule has 1 aromatic carbocycles. The number of carbonyl (C=O) groups is 1. The minimum absolute atomic E-state index is 0.344. The molecule has 2 aromatic rings. The van der Waals surface area contributed by atoms with Crippen LogP contribution in [-0.2, 0) is 4.74 Å². The first-order valence-corrected chi connectivity index (χ1v) is 6.65. The van der Waals surface area contributed by atoms with Crippen LogP contribution in [0.25, 0.3) is 11.3 Å². The summed E-state index contributed by atoms with van der Waals surface area (Å²) in [7, 11) is 0. The first-order valence-electron chi connectivity index (χ1n) is 5.83. The van der Waals surface area contributed by atoms with Gasteiger partial charge in [-0.1, -0.05) is 29.8 Å². The van der Waals surface area contributed by atoms with Gasteiger partial charge in [-0.3, -0.25) is 0 Å². The zero-order chi connectivity index (χ0) is 13.1. The zero-order valence-corrected chi connectivity index (χ0v) is 11.5. The van der Waals surface area contributed by atoms with Gasteiger partial charge in [-0.05, 0) is 20.8 Å². The molecule has 0 saturated heterocycles. The maximum absolute atomic E-state index is 11.6. The SMILES string of the molecule is CCOC(=O)c1nc(-c2ccc(C)cc2)c(C)s1. The van der Waals surface area contributed by atoms with Crippen LogP contribution in [-0.4, -0.2) is 17.6 Å². The summed E-state index contributed by atoms with van der Waals surface area (Å²) in [5, 5.41) is 0.421. The molecule has 18 heavy (non-hydrogen) atoms. The molecule has 94 valence electrons. The van der Waals surface area contributed by atoms with Crippen molar-refractivity contribution in [1.82, 2.24) is 4.98 Å². The summed E-state index contributed by atoms with van der Waals surface area (Å²) < 4.78 is 4.96. The van der Waals surface area contributed by atoms with E-state index in [9.17, 15) is 4.79 Å². The predicted octanol–water partition coefficient (Wildman–Crippen LogP) is 3.60. The van der Waals surface area contributed by atoms with Crippen LogP contribution in [0.3, 0.4) is 0 Å². The van der Waals surface area contributed by atoms with Gasteiger partial charge in [0.05, 0.1) is 12.3 Å². The molecule has 0 N–H and O–H groups in total. The molecule has 1 aromatic heterocycles. The van der Waals surface area contributed by atoms with Gasteiger partial charge in [0, 0.05) is 10.4 Å². The molecule has 1 heterocycles. The number of ether oxygens (including phenoxy) is 1. The van der Waals surface area contributed by atoms with Gasteiger partial charge in [0.15, 0.2) is 0 Å². The van der Waals surface area contributed by atoms with E-state index in [1.54, 1.807) is 6.92 Å². The molecule has 0 bridgehead atoms. The minimum Gasteiger partial charge on any atom is -0.461 e. The van der Waals surface area contributed by atoms with Gasteiger partial charge in [-0.2, -0.15) is 0 Å². The molecule has 0 aliphatic heterocycles. The average molecular weight is 261 g/mol. The van der Waals surface area contributed by atoms with E-state index in [0.717, 1.165) is 16.1 Å². The van der Waals surface area contributed by atoms with Gasteiger partial charge in [0.25, 0.3) is 0 Å². The van der Waals surface area contributed by atoms with E-state index in [0.29, 0.717) is 11.6 Å². The lowest BCUT2D eigenvalue weighted by Crippen LogP contribution is -2.03. The van der Waals surface area contributed by atoms with E-state index in [1.165, 1.54) is 16.9 Å². The summed E-state index contributed by atoms with van der Waals surface area (Å²) in [6.45, 7) is 6.17. The molecular weight excluding hydrogens is 246 g/mol. The molecule has 0 unspecified atom stereocenters. The van der Waals surface area contributed by atoms with E-state index in [-0.39, 0.29) is 5.97 Å². The third-order valence-corrected chi connectivity index (χ3v) is 3.52. The number of hydrogen-bond acceptors (Lipinski definition) is 4. The van der Waals surface area contributed by atoms with Gasteiger partial charge < -0.3 is 4.74 Å². The molecule has 4 heteroatoms. The zero-order valence-electron chi connectivity index (χ0n) is 10.7. The summed E-state index contributed by atoms with van der Waals surface area (Å²) in [4.78, 5) is 17.0. The maximum atomic E-state index is 11.6. The number of hydrogen-bond donors (Lipinski definition) is 0. The van der Waals surface area contributed by atoms with Crippen LogP contribution in [0.4, 0.5) is 0 Å². The van der Waals surface area contributed by atoms with Crippen LogP contribution >= 0.6 is 11.3 Å². The van der Waals surface area contributed by atoms with Crippen LogP contribution in [0.2, 0.25) is 0 Å². The lowest BCUT2D eigenvalue weighted by Gasteiger charge is -1.99. The van der Waals surface area contributed by atoms with Crippen molar-refractivity contribution in [3.63, 3.8) is 0 Å². The molecule has 2 rings (SSSR count). The molecule has 0 saturated carbocycles. The second-order valence-corrected chi connectivity index (χ2v) is 5.21. The Balaban J connectivity index is 2.34. The molecule has 0 atom stereocenters. The fraction of sp³-hybridized carbons (Fsp3) is 0.286. The fourth-order valence-electron chi connectivity index (χ4n) is 1.66. The van der Waals surface area contributed by atoms with Crippen LogP contribution in [0.1, 0.15) is 27.2 Å². The summed E-state index contributed by atoms with van der Waals surface area (Å²) in [5.41, 5.74) is 3.10. The number of aromatic nitrogens is 1. The monoisotopic (exact) mass is 261 g/mol. The first kappa shape index (κ1) is 12.8. The predicted molar refractivity (Wildman–Crippen MR) is 73.0 cm³/mol. The second-order valence-electron chi connectivity index (χ2n) is 4.01. The van der Waals surface area contributed by atoms with E-state index in [1.807, 2.05) is 38.1 Å². The third-order valence-electron chi connectivity index (χ3n) is 2.57. The fourth-order valence-corrected chi connectivity index (χ4v) is 2.49. The smallest absolute Gasteiger partial charge is 0.367 e. The van der Waals surface area contributed by atoms with Crippen LogP contribution in [0.5, 0.6) is 0 Å². The topological polar surface area (TPSA) is 39.2 Å². The van der Waals surface area contributed by atoms with Gasteiger partial charge >= 0.3 is 5.97 Å². The molecule has 0 amide bonds. The molecule has 0 radical (unpaired) electrons. The minimum atomic E-state index is -0.344. The highest BCUT2D eigenvalue weighted by Crippen LogP contribution is 2.28. The van der Waals surface area contributed by atoms with Gasteiger partial charge in [0.1, 0.15) is 0 Å². The number of carbonyl (C=O) groups excluding carboxylic acids is 1. The molecule has 3 nitrogen and oxygen atoms in total. The first-order chi connectivity index (χ1) is 8.61. The quantitative estimate of drug-likeness (QED) is 0.792. The Kier molecular flexibility index (Phi) is 3.77. The number of esters is 1. The summed E-state index contributed by atoms with van der Waals surface area (Å²) >= 11 is 1.38. The Bertz CT molecular complexity index is 558. The van der Waals surface area contributed by atoms with Gasteiger partial charge in [-0.15, -0.1) is 11.3 Å². The highest BCUT2D eigenvalue weighted by molar-refractivity contribution is 7.13. The lowest BCUT2D eigenvalue weighted by molar-refractivity contribution is 0.0526. The molecule has 0 spiro atoms. The van der Waals surface area contributed by atoms with E-state index >= 15 is 0 Å². The Morgan fingerprint density at radius 3 is 2.56 bits per heavy atom. The number of rotatable bonds is 3. The third kappa shape index (κ3) is 2.59. The Morgan fingerprint density at radius 1 is 1.28 bits per heavy atom. The molecular formula is C14H15NO2S. The molecule has 0 aliphatic rings. The van der Waals surface area contributed by atoms with Crippen molar-refractivity contribution in [1.29, 1.82) is 0 Å². The summed E-state index contributed by atoms with van der Waals surface area (Å²) in [6.07, 6.45) is 0. The van der Waals surface area contributed by atoms with E-state index < -0.39 is 0 Å². The Hall–Kier alpha value is -1.68. The van der Waals surface area contributed by atoms with Crippen molar-refractivity contribution in [3.05, 3.63) is 39.7 Å². The van der Waals surface area contributed by atoms with Crippen molar-refractivity contribution in [2.45, 2.75) is 20.8 Å². The van der Waals surface area contributed by atoms with E-state index in [2.05, 4.69) is 4.98 Å². The van der Waals surface area contributed by atoms with Crippen molar-refractivity contribution < 1.29 is 9.53 Å². The van der Waals surface area contributed by atoms with Crippen molar-refractivity contribution in [2.75, 3.05) is 6.61 Å². The number of aryl methyl sites for hydroxylation is 2. The van der Waals surface area contributed by atoms with Crippen LogP contribution in [0, 0.1) is 13.8 Å². The van der Waals surface area contributed by atoms with Crippen molar-refractivity contribution in [2.24, 2.45) is 0 Å². The lowest BCUT2D eigenvalue weighted by atomic mass is 10.1. The van der Waals surface area contributed by atoms with E-state index in [4.69, 9.17) is 4.74 Å². The van der Waals surface area contributed by atoms with Gasteiger partial charge in [0.2, 0.25) is 5.01 Å². The second kappa shape index (κ2) is 5.31. The maximum Gasteiger partial charge on any atom is 0.367 e. The summed E-state index contributed by atoms with van der Waals surface area (Å²) in [6, 6.07) is 8.12.